The lowest BCUT2D eigenvalue weighted by Crippen LogP contribution is -2.41. The van der Waals surface area contributed by atoms with Crippen LogP contribution in [-0.4, -0.2) is 36.5 Å². The van der Waals surface area contributed by atoms with E-state index in [-0.39, 0.29) is 18.3 Å². The second kappa shape index (κ2) is 4.55. The van der Waals surface area contributed by atoms with Crippen molar-refractivity contribution in [3.05, 3.63) is 11.2 Å². The van der Waals surface area contributed by atoms with Crippen molar-refractivity contribution < 1.29 is 14.0 Å². The van der Waals surface area contributed by atoms with Gasteiger partial charge >= 0.3 is 7.12 Å². The van der Waals surface area contributed by atoms with E-state index in [1.165, 1.54) is 0 Å². The molecule has 0 aromatic carbocycles. The van der Waals surface area contributed by atoms with E-state index < -0.39 is 0 Å². The molecule has 0 spiro atoms. The van der Waals surface area contributed by atoms with Crippen LogP contribution in [0.3, 0.4) is 0 Å². The van der Waals surface area contributed by atoms with E-state index in [1.807, 2.05) is 6.20 Å². The van der Waals surface area contributed by atoms with Crippen LogP contribution in [0.15, 0.2) is 6.20 Å². The summed E-state index contributed by atoms with van der Waals surface area (Å²) in [5.74, 6) is 0.446. The van der Waals surface area contributed by atoms with Crippen molar-refractivity contribution >= 4 is 23.2 Å². The minimum absolute atomic E-state index is 0.293. The van der Waals surface area contributed by atoms with E-state index >= 15 is 0 Å². The zero-order chi connectivity index (χ0) is 13.7. The van der Waals surface area contributed by atoms with E-state index in [0.717, 1.165) is 29.4 Å². The maximum absolute atomic E-state index is 6.04. The van der Waals surface area contributed by atoms with Gasteiger partial charge < -0.3 is 14.0 Å². The van der Waals surface area contributed by atoms with Crippen molar-refractivity contribution in [2.24, 2.45) is 0 Å². The Morgan fingerprint density at radius 1 is 1.26 bits per heavy atom. The molecular formula is C13H20BNO3S. The summed E-state index contributed by atoms with van der Waals surface area (Å²) >= 11 is 1.69. The van der Waals surface area contributed by atoms with Gasteiger partial charge in [0.05, 0.1) is 27.6 Å². The van der Waals surface area contributed by atoms with E-state index in [0.29, 0.717) is 5.92 Å². The van der Waals surface area contributed by atoms with Gasteiger partial charge in [-0.25, -0.2) is 4.98 Å². The monoisotopic (exact) mass is 281 g/mol. The van der Waals surface area contributed by atoms with Gasteiger partial charge in [0.2, 0.25) is 0 Å². The third-order valence-electron chi connectivity index (χ3n) is 4.31. The van der Waals surface area contributed by atoms with Gasteiger partial charge in [0.15, 0.2) is 0 Å². The van der Waals surface area contributed by atoms with Crippen LogP contribution in [0.2, 0.25) is 0 Å². The van der Waals surface area contributed by atoms with Crippen LogP contribution in [0, 0.1) is 0 Å². The zero-order valence-corrected chi connectivity index (χ0v) is 12.8. The number of hydrogen-bond donors (Lipinski definition) is 0. The predicted octanol–water partition coefficient (Wildman–Crippen LogP) is 1.95. The first-order valence-electron chi connectivity index (χ1n) is 6.78. The van der Waals surface area contributed by atoms with Gasteiger partial charge in [0, 0.05) is 18.7 Å². The summed E-state index contributed by atoms with van der Waals surface area (Å²) in [5, 5.41) is 1.14. The summed E-state index contributed by atoms with van der Waals surface area (Å²) in [4.78, 5) is 4.52. The van der Waals surface area contributed by atoms with Gasteiger partial charge in [-0.15, -0.1) is 11.3 Å². The molecular weight excluding hydrogens is 261 g/mol. The quantitative estimate of drug-likeness (QED) is 0.777. The summed E-state index contributed by atoms with van der Waals surface area (Å²) < 4.78 is 18.6. The number of thiazole rings is 1. The Balaban J connectivity index is 1.77. The molecule has 0 radical (unpaired) electrons. The highest BCUT2D eigenvalue weighted by molar-refractivity contribution is 7.22. The summed E-state index contributed by atoms with van der Waals surface area (Å²) in [6.45, 7) is 9.91. The van der Waals surface area contributed by atoms with Crippen LogP contribution in [0.25, 0.3) is 0 Å². The summed E-state index contributed by atoms with van der Waals surface area (Å²) in [6.07, 6.45) is 2.96. The normalized spacial score (nSPS) is 29.1. The van der Waals surface area contributed by atoms with Gasteiger partial charge in [-0.1, -0.05) is 0 Å². The fourth-order valence-corrected chi connectivity index (χ4v) is 3.28. The smallest absolute Gasteiger partial charge is 0.399 e. The Kier molecular flexibility index (Phi) is 3.25. The number of rotatable bonds is 2. The molecule has 1 aromatic heterocycles. The Labute approximate surface area is 118 Å². The highest BCUT2D eigenvalue weighted by atomic mass is 32.1. The van der Waals surface area contributed by atoms with Crippen molar-refractivity contribution in [2.75, 3.05) is 13.2 Å². The van der Waals surface area contributed by atoms with Crippen LogP contribution in [-0.2, 0) is 14.0 Å². The molecule has 2 aliphatic heterocycles. The molecule has 2 fully saturated rings. The van der Waals surface area contributed by atoms with Crippen molar-refractivity contribution in [1.29, 1.82) is 0 Å². The second-order valence-corrected chi connectivity index (χ2v) is 7.34. The largest absolute Gasteiger partial charge is 0.507 e. The van der Waals surface area contributed by atoms with Crippen molar-refractivity contribution in [3.63, 3.8) is 0 Å². The number of aromatic nitrogens is 1. The Morgan fingerprint density at radius 2 is 1.95 bits per heavy atom. The van der Waals surface area contributed by atoms with Gasteiger partial charge in [0.1, 0.15) is 0 Å². The van der Waals surface area contributed by atoms with Crippen LogP contribution >= 0.6 is 11.3 Å². The zero-order valence-electron chi connectivity index (χ0n) is 11.9. The molecule has 1 aromatic rings. The van der Waals surface area contributed by atoms with Gasteiger partial charge in [-0.2, -0.15) is 0 Å². The molecule has 0 bridgehead atoms. The molecule has 0 saturated carbocycles. The van der Waals surface area contributed by atoms with Crippen LogP contribution in [0.4, 0.5) is 0 Å². The Morgan fingerprint density at radius 3 is 2.53 bits per heavy atom. The lowest BCUT2D eigenvalue weighted by Gasteiger charge is -2.32. The molecule has 2 saturated heterocycles. The second-order valence-electron chi connectivity index (χ2n) is 6.25. The Bertz CT molecular complexity index is 452. The Hall–Kier alpha value is -0.425. The van der Waals surface area contributed by atoms with Crippen LogP contribution in [0.1, 0.15) is 45.0 Å². The van der Waals surface area contributed by atoms with E-state index in [2.05, 4.69) is 32.7 Å². The molecule has 3 rings (SSSR count). The average molecular weight is 281 g/mol. The lowest BCUT2D eigenvalue weighted by atomic mass is 9.89. The first-order chi connectivity index (χ1) is 8.89. The summed E-state index contributed by atoms with van der Waals surface area (Å²) in [5.41, 5.74) is -0.587. The molecule has 0 aliphatic carbocycles. The third-order valence-corrected chi connectivity index (χ3v) is 5.49. The molecule has 4 nitrogen and oxygen atoms in total. The van der Waals surface area contributed by atoms with Gasteiger partial charge in [-0.3, -0.25) is 0 Å². The highest BCUT2D eigenvalue weighted by Gasteiger charge is 2.52. The lowest BCUT2D eigenvalue weighted by molar-refractivity contribution is 0.00578. The summed E-state index contributed by atoms with van der Waals surface area (Å²) in [6, 6.07) is 0. The minimum Gasteiger partial charge on any atom is -0.399 e. The minimum atomic E-state index is -0.293. The number of hydrogen-bond acceptors (Lipinski definition) is 5. The van der Waals surface area contributed by atoms with E-state index in [9.17, 15) is 0 Å². The predicted molar refractivity (Wildman–Crippen MR) is 76.0 cm³/mol. The maximum atomic E-state index is 6.04. The molecule has 0 unspecified atom stereocenters. The van der Waals surface area contributed by atoms with Crippen molar-refractivity contribution in [3.8, 4) is 0 Å². The average Bonchev–Trinajstić information content (AvgIpc) is 3.00. The summed E-state index contributed by atoms with van der Waals surface area (Å²) in [7, 11) is -0.293. The van der Waals surface area contributed by atoms with Crippen LogP contribution in [0.5, 0.6) is 0 Å². The standard InChI is InChI=1S/C13H20BNO3S/c1-12(2)13(3,4)18-14(17-12)10-7-15-11(19-10)9-5-6-16-8-9/h7,9H,5-6,8H2,1-4H3/t9-/m1/s1. The number of ether oxygens (including phenoxy) is 1. The molecule has 0 amide bonds. The molecule has 2 aliphatic rings. The molecule has 0 N–H and O–H groups in total. The van der Waals surface area contributed by atoms with Gasteiger partial charge in [-0.05, 0) is 34.1 Å². The topological polar surface area (TPSA) is 40.6 Å². The first-order valence-corrected chi connectivity index (χ1v) is 7.60. The molecule has 6 heteroatoms. The molecule has 3 heterocycles. The molecule has 104 valence electrons. The number of nitrogens with zero attached hydrogens (tertiary/aromatic N) is 1. The van der Waals surface area contributed by atoms with Crippen molar-refractivity contribution in [2.45, 2.75) is 51.2 Å². The molecule has 1 atom stereocenters. The van der Waals surface area contributed by atoms with Gasteiger partial charge in [0.25, 0.3) is 0 Å². The van der Waals surface area contributed by atoms with E-state index in [1.54, 1.807) is 11.3 Å². The van der Waals surface area contributed by atoms with E-state index in [4.69, 9.17) is 14.0 Å². The maximum Gasteiger partial charge on any atom is 0.507 e. The first kappa shape index (κ1) is 13.6. The van der Waals surface area contributed by atoms with Crippen LogP contribution < -0.4 is 4.78 Å². The highest BCUT2D eigenvalue weighted by Crippen LogP contribution is 2.37. The SMILES string of the molecule is CC1(C)OB(c2cnc([C@@H]3CCOC3)s2)OC1(C)C. The van der Waals surface area contributed by atoms with Crippen molar-refractivity contribution in [1.82, 2.24) is 4.98 Å². The fraction of sp³-hybridized carbons (Fsp3) is 0.769. The molecule has 19 heavy (non-hydrogen) atoms. The third kappa shape index (κ3) is 2.35. The fourth-order valence-electron chi connectivity index (χ4n) is 2.29.